The number of sulfonamides is 1. The lowest BCUT2D eigenvalue weighted by molar-refractivity contribution is -0.130. The molecule has 0 spiro atoms. The standard InChI is InChI=1S/C24H27F3N6O4S2/c1-3-16-12-17(31-38(34,35)11-9-24(25,26)27)13-19(16)22-30-29-21-14-28-23-20(33(21)22)8-10-32(23)39(36,37)18-6-4-15(2)5-7-18/h4-8,10,14,16-17,19,31H,3,9,11-13H2,1-2H3/t16-,17+,19+/m1/s1. The summed E-state index contributed by atoms with van der Waals surface area (Å²) in [5, 5.41) is 8.56. The lowest BCUT2D eigenvalue weighted by atomic mass is 9.93. The van der Waals surface area contributed by atoms with Crippen molar-refractivity contribution in [2.75, 3.05) is 5.75 Å². The predicted octanol–water partition coefficient (Wildman–Crippen LogP) is 3.77. The first-order valence-electron chi connectivity index (χ1n) is 12.4. The van der Waals surface area contributed by atoms with E-state index in [-0.39, 0.29) is 22.4 Å². The first-order chi connectivity index (χ1) is 18.3. The van der Waals surface area contributed by atoms with Crippen molar-refractivity contribution in [3.05, 3.63) is 54.1 Å². The molecule has 10 nitrogen and oxygen atoms in total. The van der Waals surface area contributed by atoms with Gasteiger partial charge in [0.25, 0.3) is 10.0 Å². The van der Waals surface area contributed by atoms with Crippen LogP contribution in [0, 0.1) is 12.8 Å². The maximum absolute atomic E-state index is 13.4. The van der Waals surface area contributed by atoms with Gasteiger partial charge in [-0.2, -0.15) is 13.2 Å². The van der Waals surface area contributed by atoms with Gasteiger partial charge in [0.1, 0.15) is 5.82 Å². The number of aromatic nitrogens is 5. The molecule has 39 heavy (non-hydrogen) atoms. The highest BCUT2D eigenvalue weighted by Gasteiger charge is 2.39. The summed E-state index contributed by atoms with van der Waals surface area (Å²) in [5.74, 6) is -0.790. The third kappa shape index (κ3) is 5.39. The SMILES string of the molecule is CC[C@@H]1C[C@H](NS(=O)(=O)CCC(F)(F)F)C[C@@H]1c1nnc2cnc3c(ccn3S(=O)(=O)c3ccc(C)cc3)n12. The summed E-state index contributed by atoms with van der Waals surface area (Å²) in [7, 11) is -8.07. The summed E-state index contributed by atoms with van der Waals surface area (Å²) < 4.78 is 94.4. The van der Waals surface area contributed by atoms with E-state index >= 15 is 0 Å². The Bertz CT molecular complexity index is 1730. The minimum atomic E-state index is -4.57. The summed E-state index contributed by atoms with van der Waals surface area (Å²) in [5.41, 5.74) is 1.96. The van der Waals surface area contributed by atoms with Gasteiger partial charge >= 0.3 is 6.18 Å². The van der Waals surface area contributed by atoms with Gasteiger partial charge in [0.2, 0.25) is 10.0 Å². The van der Waals surface area contributed by atoms with Crippen molar-refractivity contribution in [3.8, 4) is 0 Å². The molecule has 1 N–H and O–H groups in total. The Morgan fingerprint density at radius 2 is 1.77 bits per heavy atom. The van der Waals surface area contributed by atoms with E-state index < -0.39 is 44.4 Å². The van der Waals surface area contributed by atoms with E-state index in [2.05, 4.69) is 19.9 Å². The first kappa shape index (κ1) is 27.5. The molecular formula is C24H27F3N6O4S2. The number of hydrogen-bond donors (Lipinski definition) is 1. The maximum atomic E-state index is 13.4. The van der Waals surface area contributed by atoms with Crippen LogP contribution in [0.3, 0.4) is 0 Å². The van der Waals surface area contributed by atoms with Crippen LogP contribution < -0.4 is 4.72 Å². The van der Waals surface area contributed by atoms with E-state index in [1.807, 2.05) is 13.8 Å². The van der Waals surface area contributed by atoms with Crippen LogP contribution in [0.1, 0.15) is 49.9 Å². The van der Waals surface area contributed by atoms with Crippen LogP contribution in [0.15, 0.2) is 47.6 Å². The quantitative estimate of drug-likeness (QED) is 0.334. The summed E-state index contributed by atoms with van der Waals surface area (Å²) in [4.78, 5) is 4.45. The highest BCUT2D eigenvalue weighted by atomic mass is 32.2. The lowest BCUT2D eigenvalue weighted by Crippen LogP contribution is -2.36. The van der Waals surface area contributed by atoms with Crippen molar-refractivity contribution in [1.82, 2.24) is 28.3 Å². The van der Waals surface area contributed by atoms with E-state index in [0.29, 0.717) is 36.3 Å². The second kappa shape index (κ2) is 9.86. The molecular weight excluding hydrogens is 557 g/mol. The minimum Gasteiger partial charge on any atom is -0.274 e. The second-order valence-corrected chi connectivity index (χ2v) is 13.6. The molecule has 0 saturated heterocycles. The number of nitrogens with one attached hydrogen (secondary N) is 1. The molecule has 1 aliphatic rings. The van der Waals surface area contributed by atoms with Crippen molar-refractivity contribution >= 4 is 36.9 Å². The van der Waals surface area contributed by atoms with Gasteiger partial charge in [-0.25, -0.2) is 30.5 Å². The van der Waals surface area contributed by atoms with E-state index in [0.717, 1.165) is 9.54 Å². The normalized spacial score (nSPS) is 20.8. The Kier molecular flexibility index (Phi) is 6.96. The van der Waals surface area contributed by atoms with Gasteiger partial charge < -0.3 is 0 Å². The van der Waals surface area contributed by atoms with Crippen LogP contribution in [-0.4, -0.2) is 58.4 Å². The zero-order chi connectivity index (χ0) is 28.2. The molecule has 0 unspecified atom stereocenters. The second-order valence-electron chi connectivity index (χ2n) is 9.89. The number of hydrogen-bond acceptors (Lipinski definition) is 7. The van der Waals surface area contributed by atoms with Crippen molar-refractivity contribution in [2.45, 2.75) is 62.6 Å². The van der Waals surface area contributed by atoms with Gasteiger partial charge in [-0.3, -0.25) is 4.40 Å². The van der Waals surface area contributed by atoms with Crippen LogP contribution in [0.25, 0.3) is 16.8 Å². The van der Waals surface area contributed by atoms with Crippen molar-refractivity contribution in [2.24, 2.45) is 5.92 Å². The zero-order valence-corrected chi connectivity index (χ0v) is 22.8. The summed E-state index contributed by atoms with van der Waals surface area (Å²) in [6.45, 7) is 3.81. The molecule has 5 rings (SSSR count). The molecule has 0 bridgehead atoms. The lowest BCUT2D eigenvalue weighted by Gasteiger charge is -2.16. The highest BCUT2D eigenvalue weighted by molar-refractivity contribution is 7.90. The number of rotatable bonds is 8. The average Bonchev–Trinajstić information content (AvgIpc) is 3.58. The molecule has 0 radical (unpaired) electrons. The molecule has 3 aromatic heterocycles. The molecule has 1 fully saturated rings. The summed E-state index contributed by atoms with van der Waals surface area (Å²) in [6, 6.07) is 7.52. The summed E-state index contributed by atoms with van der Waals surface area (Å²) in [6.07, 6.45) is -1.72. The Morgan fingerprint density at radius 3 is 2.44 bits per heavy atom. The predicted molar refractivity (Wildman–Crippen MR) is 137 cm³/mol. The number of halogens is 3. The van der Waals surface area contributed by atoms with Crippen LogP contribution in [0.2, 0.25) is 0 Å². The largest absolute Gasteiger partial charge is 0.390 e. The fraction of sp³-hybridized carbons (Fsp3) is 0.458. The fourth-order valence-electron chi connectivity index (χ4n) is 5.26. The van der Waals surface area contributed by atoms with E-state index in [4.69, 9.17) is 0 Å². The topological polar surface area (TPSA) is 128 Å². The number of aryl methyl sites for hydroxylation is 1. The average molecular weight is 585 g/mol. The van der Waals surface area contributed by atoms with Gasteiger partial charge in [-0.1, -0.05) is 31.0 Å². The van der Waals surface area contributed by atoms with Crippen LogP contribution in [-0.2, 0) is 20.0 Å². The molecule has 15 heteroatoms. The van der Waals surface area contributed by atoms with Gasteiger partial charge in [-0.05, 0) is 43.9 Å². The van der Waals surface area contributed by atoms with Crippen molar-refractivity contribution in [3.63, 3.8) is 0 Å². The van der Waals surface area contributed by atoms with Gasteiger partial charge in [0.15, 0.2) is 11.3 Å². The van der Waals surface area contributed by atoms with E-state index in [1.165, 1.54) is 24.5 Å². The number of alkyl halides is 3. The van der Waals surface area contributed by atoms with Gasteiger partial charge in [0, 0.05) is 18.2 Å². The third-order valence-electron chi connectivity index (χ3n) is 7.19. The van der Waals surface area contributed by atoms with Crippen molar-refractivity contribution in [1.29, 1.82) is 0 Å². The van der Waals surface area contributed by atoms with Crippen LogP contribution in [0.4, 0.5) is 13.2 Å². The van der Waals surface area contributed by atoms with Crippen molar-refractivity contribution < 1.29 is 30.0 Å². The Balaban J connectivity index is 1.49. The maximum Gasteiger partial charge on any atom is 0.390 e. The summed E-state index contributed by atoms with van der Waals surface area (Å²) >= 11 is 0. The van der Waals surface area contributed by atoms with Crippen LogP contribution >= 0.6 is 0 Å². The minimum absolute atomic E-state index is 0.0192. The number of nitrogens with zero attached hydrogens (tertiary/aromatic N) is 5. The fourth-order valence-corrected chi connectivity index (χ4v) is 7.88. The molecule has 210 valence electrons. The highest BCUT2D eigenvalue weighted by Crippen LogP contribution is 2.42. The molecule has 3 heterocycles. The Labute approximate surface area is 223 Å². The first-order valence-corrected chi connectivity index (χ1v) is 15.5. The van der Waals surface area contributed by atoms with Gasteiger partial charge in [0.05, 0.1) is 28.8 Å². The molecule has 1 aliphatic carbocycles. The van der Waals surface area contributed by atoms with Gasteiger partial charge in [-0.15, -0.1) is 10.2 Å². The molecule has 1 aromatic carbocycles. The Morgan fingerprint density at radius 1 is 1.05 bits per heavy atom. The molecule has 1 saturated carbocycles. The monoisotopic (exact) mass is 584 g/mol. The zero-order valence-electron chi connectivity index (χ0n) is 21.1. The van der Waals surface area contributed by atoms with Crippen LogP contribution in [0.5, 0.6) is 0 Å². The Hall–Kier alpha value is -3.04. The third-order valence-corrected chi connectivity index (χ3v) is 10.3. The molecule has 0 amide bonds. The van der Waals surface area contributed by atoms with E-state index in [9.17, 15) is 30.0 Å². The molecule has 0 aliphatic heterocycles. The molecule has 3 atom stereocenters. The smallest absolute Gasteiger partial charge is 0.274 e. The number of benzene rings is 1. The molecule has 4 aromatic rings. The number of fused-ring (bicyclic) bond motifs is 3. The van der Waals surface area contributed by atoms with E-state index in [1.54, 1.807) is 22.6 Å².